The van der Waals surface area contributed by atoms with Crippen LogP contribution in [0.25, 0.3) is 10.2 Å². The third-order valence-corrected chi connectivity index (χ3v) is 4.84. The summed E-state index contributed by atoms with van der Waals surface area (Å²) >= 11 is 1.64. The molecule has 124 valence electrons. The van der Waals surface area contributed by atoms with Crippen LogP contribution in [0.5, 0.6) is 0 Å². The van der Waals surface area contributed by atoms with E-state index in [9.17, 15) is 4.79 Å². The van der Waals surface area contributed by atoms with Crippen LogP contribution in [0.4, 0.5) is 4.79 Å². The first-order chi connectivity index (χ1) is 11.7. The number of carbonyl (C=O) groups is 1. The Labute approximate surface area is 146 Å². The van der Waals surface area contributed by atoms with E-state index in [1.54, 1.807) is 23.3 Å². The average molecular weight is 339 g/mol. The summed E-state index contributed by atoms with van der Waals surface area (Å²) < 4.78 is 1.16. The number of hydrogen-bond donors (Lipinski definition) is 1. The maximum Gasteiger partial charge on any atom is 0.317 e. The van der Waals surface area contributed by atoms with Crippen molar-refractivity contribution >= 4 is 27.6 Å². The number of fused-ring (bicyclic) bond motifs is 1. The van der Waals surface area contributed by atoms with E-state index in [0.717, 1.165) is 28.1 Å². The highest BCUT2D eigenvalue weighted by Gasteiger charge is 2.11. The molecule has 2 amide bonds. The van der Waals surface area contributed by atoms with Gasteiger partial charge in [-0.3, -0.25) is 0 Å². The van der Waals surface area contributed by atoms with Crippen LogP contribution in [-0.4, -0.2) is 29.5 Å². The van der Waals surface area contributed by atoms with Crippen molar-refractivity contribution in [3.05, 3.63) is 65.2 Å². The van der Waals surface area contributed by atoms with E-state index in [2.05, 4.69) is 28.5 Å². The predicted octanol–water partition coefficient (Wildman–Crippen LogP) is 4.07. The minimum absolute atomic E-state index is 0.0534. The first-order valence-electron chi connectivity index (χ1n) is 8.10. The third-order valence-electron chi connectivity index (χ3n) is 3.82. The lowest BCUT2D eigenvalue weighted by Crippen LogP contribution is -2.37. The average Bonchev–Trinajstić information content (AvgIpc) is 3.01. The Morgan fingerprint density at radius 3 is 2.67 bits per heavy atom. The monoisotopic (exact) mass is 339 g/mol. The molecule has 0 aliphatic rings. The molecule has 3 aromatic rings. The Kier molecular flexibility index (Phi) is 5.43. The van der Waals surface area contributed by atoms with Crippen molar-refractivity contribution in [3.63, 3.8) is 0 Å². The summed E-state index contributed by atoms with van der Waals surface area (Å²) in [5, 5.41) is 3.93. The maximum absolute atomic E-state index is 12.2. The normalized spacial score (nSPS) is 10.7. The molecule has 4 nitrogen and oxygen atoms in total. The molecule has 0 fully saturated rings. The highest BCUT2D eigenvalue weighted by atomic mass is 32.1. The molecule has 24 heavy (non-hydrogen) atoms. The lowest BCUT2D eigenvalue weighted by molar-refractivity contribution is 0.207. The molecule has 0 radical (unpaired) electrons. The summed E-state index contributed by atoms with van der Waals surface area (Å²) in [6, 6.07) is 18.3. The first kappa shape index (κ1) is 16.5. The van der Waals surface area contributed by atoms with Gasteiger partial charge in [0.05, 0.1) is 16.8 Å². The van der Waals surface area contributed by atoms with Gasteiger partial charge in [-0.1, -0.05) is 42.5 Å². The Morgan fingerprint density at radius 2 is 1.88 bits per heavy atom. The lowest BCUT2D eigenvalue weighted by Gasteiger charge is -2.16. The Morgan fingerprint density at radius 1 is 1.12 bits per heavy atom. The van der Waals surface area contributed by atoms with Crippen molar-refractivity contribution < 1.29 is 4.79 Å². The van der Waals surface area contributed by atoms with E-state index in [1.807, 2.05) is 36.4 Å². The minimum atomic E-state index is -0.0534. The molecule has 0 saturated carbocycles. The summed E-state index contributed by atoms with van der Waals surface area (Å²) in [5.41, 5.74) is 2.30. The van der Waals surface area contributed by atoms with Crippen LogP contribution in [-0.2, 0) is 13.0 Å². The summed E-state index contributed by atoms with van der Waals surface area (Å²) in [6.45, 7) is 1.21. The van der Waals surface area contributed by atoms with Gasteiger partial charge in [0.25, 0.3) is 0 Å². The van der Waals surface area contributed by atoms with Crippen LogP contribution < -0.4 is 5.32 Å². The van der Waals surface area contributed by atoms with Crippen molar-refractivity contribution in [1.29, 1.82) is 0 Å². The second-order valence-electron chi connectivity index (χ2n) is 5.75. The van der Waals surface area contributed by atoms with Gasteiger partial charge in [0.1, 0.15) is 5.01 Å². The largest absolute Gasteiger partial charge is 0.338 e. The lowest BCUT2D eigenvalue weighted by atomic mass is 10.1. The van der Waals surface area contributed by atoms with Crippen molar-refractivity contribution in [1.82, 2.24) is 15.2 Å². The SMILES string of the molecule is CN(Cc1nc2ccccc2s1)C(=O)NCCCc1ccccc1. The van der Waals surface area contributed by atoms with Gasteiger partial charge in [-0.2, -0.15) is 0 Å². The van der Waals surface area contributed by atoms with Gasteiger partial charge in [0.15, 0.2) is 0 Å². The fraction of sp³-hybridized carbons (Fsp3) is 0.263. The molecule has 0 saturated heterocycles. The molecule has 0 aliphatic heterocycles. The number of nitrogens with zero attached hydrogens (tertiary/aromatic N) is 2. The fourth-order valence-corrected chi connectivity index (χ4v) is 3.55. The van der Waals surface area contributed by atoms with Crippen LogP contribution in [0.15, 0.2) is 54.6 Å². The molecular weight excluding hydrogens is 318 g/mol. The van der Waals surface area contributed by atoms with E-state index in [4.69, 9.17) is 0 Å². The number of hydrogen-bond acceptors (Lipinski definition) is 3. The van der Waals surface area contributed by atoms with E-state index < -0.39 is 0 Å². The molecule has 1 N–H and O–H groups in total. The minimum Gasteiger partial charge on any atom is -0.338 e. The molecule has 0 bridgehead atoms. The van der Waals surface area contributed by atoms with Crippen LogP contribution in [0.2, 0.25) is 0 Å². The van der Waals surface area contributed by atoms with Crippen molar-refractivity contribution in [2.45, 2.75) is 19.4 Å². The van der Waals surface area contributed by atoms with Crippen molar-refractivity contribution in [2.24, 2.45) is 0 Å². The molecule has 0 aliphatic carbocycles. The molecule has 0 atom stereocenters. The predicted molar refractivity (Wildman–Crippen MR) is 99.2 cm³/mol. The van der Waals surface area contributed by atoms with E-state index in [1.165, 1.54) is 5.56 Å². The van der Waals surface area contributed by atoms with Crippen molar-refractivity contribution in [2.75, 3.05) is 13.6 Å². The molecular formula is C19H21N3OS. The number of aromatic nitrogens is 1. The Balaban J connectivity index is 1.44. The summed E-state index contributed by atoms with van der Waals surface area (Å²) in [7, 11) is 1.80. The van der Waals surface area contributed by atoms with E-state index >= 15 is 0 Å². The van der Waals surface area contributed by atoms with Gasteiger partial charge in [-0.15, -0.1) is 11.3 Å². The van der Waals surface area contributed by atoms with Gasteiger partial charge < -0.3 is 10.2 Å². The molecule has 1 heterocycles. The number of aryl methyl sites for hydroxylation is 1. The number of nitrogens with one attached hydrogen (secondary N) is 1. The van der Waals surface area contributed by atoms with E-state index in [0.29, 0.717) is 13.1 Å². The second kappa shape index (κ2) is 7.93. The van der Waals surface area contributed by atoms with Gasteiger partial charge in [-0.25, -0.2) is 9.78 Å². The van der Waals surface area contributed by atoms with Gasteiger partial charge in [0, 0.05) is 13.6 Å². The van der Waals surface area contributed by atoms with Crippen LogP contribution in [0.3, 0.4) is 0 Å². The molecule has 0 spiro atoms. The van der Waals surface area contributed by atoms with Gasteiger partial charge >= 0.3 is 6.03 Å². The van der Waals surface area contributed by atoms with Crippen LogP contribution in [0, 0.1) is 0 Å². The number of carbonyl (C=O) groups excluding carboxylic acids is 1. The third kappa shape index (κ3) is 4.32. The number of para-hydroxylation sites is 1. The quantitative estimate of drug-likeness (QED) is 0.688. The maximum atomic E-state index is 12.2. The summed E-state index contributed by atoms with van der Waals surface area (Å²) in [4.78, 5) is 18.4. The fourth-order valence-electron chi connectivity index (χ4n) is 2.53. The molecule has 5 heteroatoms. The topological polar surface area (TPSA) is 45.2 Å². The molecule has 2 aromatic carbocycles. The Bertz CT molecular complexity index is 767. The second-order valence-corrected chi connectivity index (χ2v) is 6.87. The number of amides is 2. The van der Waals surface area contributed by atoms with Crippen LogP contribution in [0.1, 0.15) is 17.0 Å². The van der Waals surface area contributed by atoms with Gasteiger partial charge in [-0.05, 0) is 30.5 Å². The highest BCUT2D eigenvalue weighted by molar-refractivity contribution is 7.18. The molecule has 0 unspecified atom stereocenters. The summed E-state index contributed by atoms with van der Waals surface area (Å²) in [6.07, 6.45) is 1.91. The smallest absolute Gasteiger partial charge is 0.317 e. The number of rotatable bonds is 6. The summed E-state index contributed by atoms with van der Waals surface area (Å²) in [5.74, 6) is 0. The highest BCUT2D eigenvalue weighted by Crippen LogP contribution is 2.22. The first-order valence-corrected chi connectivity index (χ1v) is 8.91. The number of thiazole rings is 1. The standard InChI is InChI=1S/C19H21N3OS/c1-22(14-18-21-16-11-5-6-12-17(16)24-18)19(23)20-13-7-10-15-8-3-2-4-9-15/h2-6,8-9,11-12H,7,10,13-14H2,1H3,(H,20,23). The van der Waals surface area contributed by atoms with Crippen LogP contribution >= 0.6 is 11.3 Å². The van der Waals surface area contributed by atoms with E-state index in [-0.39, 0.29) is 6.03 Å². The molecule has 3 rings (SSSR count). The number of benzene rings is 2. The van der Waals surface area contributed by atoms with Gasteiger partial charge in [0.2, 0.25) is 0 Å². The zero-order chi connectivity index (χ0) is 16.8. The zero-order valence-corrected chi connectivity index (χ0v) is 14.6. The Hall–Kier alpha value is -2.40. The number of urea groups is 1. The zero-order valence-electron chi connectivity index (χ0n) is 13.7. The van der Waals surface area contributed by atoms with Crippen molar-refractivity contribution in [3.8, 4) is 0 Å². The molecule has 1 aromatic heterocycles.